The first-order chi connectivity index (χ1) is 6.95. The number of hydrogen-bond donors (Lipinski definition) is 2. The maximum Gasteiger partial charge on any atom is 0.0495 e. The summed E-state index contributed by atoms with van der Waals surface area (Å²) in [4.78, 5) is 0. The van der Waals surface area contributed by atoms with Crippen LogP contribution in [0.4, 0.5) is 0 Å². The maximum atomic E-state index is 5.36. The number of nitrogens with one attached hydrogen (secondary N) is 2. The van der Waals surface area contributed by atoms with Crippen molar-refractivity contribution in [3.63, 3.8) is 0 Å². The average Bonchev–Trinajstić information content (AvgIpc) is 2.72. The normalized spacial score (nSPS) is 33.4. The van der Waals surface area contributed by atoms with Crippen LogP contribution in [0, 0.1) is 5.92 Å². The Hall–Kier alpha value is -0.120. The molecule has 2 fully saturated rings. The van der Waals surface area contributed by atoms with Gasteiger partial charge in [0.15, 0.2) is 0 Å². The first kappa shape index (κ1) is 10.4. The second kappa shape index (κ2) is 5.69. The molecule has 2 rings (SSSR count). The van der Waals surface area contributed by atoms with Crippen LogP contribution in [-0.2, 0) is 4.74 Å². The molecule has 2 heterocycles. The lowest BCUT2D eigenvalue weighted by molar-refractivity contribution is 0.183. The Morgan fingerprint density at radius 1 is 1.36 bits per heavy atom. The fraction of sp³-hybridized carbons (Fsp3) is 1.00. The third-order valence-corrected chi connectivity index (χ3v) is 3.31. The van der Waals surface area contributed by atoms with E-state index >= 15 is 0 Å². The van der Waals surface area contributed by atoms with Gasteiger partial charge in [0.25, 0.3) is 0 Å². The van der Waals surface area contributed by atoms with Crippen molar-refractivity contribution in [3.05, 3.63) is 0 Å². The summed E-state index contributed by atoms with van der Waals surface area (Å²) in [5, 5.41) is 7.06. The minimum absolute atomic E-state index is 0.714. The van der Waals surface area contributed by atoms with Crippen molar-refractivity contribution in [2.24, 2.45) is 5.92 Å². The number of hydrogen-bond acceptors (Lipinski definition) is 3. The summed E-state index contributed by atoms with van der Waals surface area (Å²) >= 11 is 0. The summed E-state index contributed by atoms with van der Waals surface area (Å²) in [5.74, 6) is 0.819. The Balaban J connectivity index is 1.52. The molecule has 0 saturated carbocycles. The smallest absolute Gasteiger partial charge is 0.0495 e. The van der Waals surface area contributed by atoms with Crippen LogP contribution in [-0.4, -0.2) is 38.9 Å². The molecule has 2 saturated heterocycles. The fourth-order valence-corrected chi connectivity index (χ4v) is 2.33. The standard InChI is InChI=1S/C11H22N2O/c1-2-11(8-12-5-1)13-6-3-10-4-7-14-9-10/h10-13H,1-9H2. The largest absolute Gasteiger partial charge is 0.381 e. The summed E-state index contributed by atoms with van der Waals surface area (Å²) in [6.45, 7) is 5.50. The van der Waals surface area contributed by atoms with E-state index in [1.165, 1.54) is 38.8 Å². The van der Waals surface area contributed by atoms with Crippen molar-refractivity contribution in [2.45, 2.75) is 31.7 Å². The molecule has 2 aliphatic rings. The Morgan fingerprint density at radius 2 is 2.36 bits per heavy atom. The molecule has 2 atom stereocenters. The Morgan fingerprint density at radius 3 is 3.07 bits per heavy atom. The van der Waals surface area contributed by atoms with Gasteiger partial charge in [0.05, 0.1) is 0 Å². The highest BCUT2D eigenvalue weighted by Gasteiger charge is 2.16. The van der Waals surface area contributed by atoms with Gasteiger partial charge in [-0.05, 0) is 44.7 Å². The van der Waals surface area contributed by atoms with Gasteiger partial charge in [-0.1, -0.05) is 0 Å². The van der Waals surface area contributed by atoms with Gasteiger partial charge in [-0.2, -0.15) is 0 Å². The molecule has 0 aromatic rings. The number of piperidine rings is 1. The van der Waals surface area contributed by atoms with Crippen LogP contribution in [0.2, 0.25) is 0 Å². The molecule has 0 amide bonds. The zero-order valence-corrected chi connectivity index (χ0v) is 8.93. The van der Waals surface area contributed by atoms with Crippen LogP contribution in [0.1, 0.15) is 25.7 Å². The predicted molar refractivity (Wildman–Crippen MR) is 57.4 cm³/mol. The third kappa shape index (κ3) is 3.23. The molecule has 0 aromatic heterocycles. The van der Waals surface area contributed by atoms with E-state index in [1.807, 2.05) is 0 Å². The van der Waals surface area contributed by atoms with Crippen LogP contribution >= 0.6 is 0 Å². The summed E-state index contributed by atoms with van der Waals surface area (Å²) in [7, 11) is 0. The molecule has 14 heavy (non-hydrogen) atoms. The summed E-state index contributed by atoms with van der Waals surface area (Å²) in [5.41, 5.74) is 0. The zero-order valence-electron chi connectivity index (χ0n) is 8.93. The highest BCUT2D eigenvalue weighted by molar-refractivity contribution is 4.75. The van der Waals surface area contributed by atoms with E-state index in [0.717, 1.165) is 25.7 Å². The summed E-state index contributed by atoms with van der Waals surface area (Å²) in [6.07, 6.45) is 5.22. The molecule has 2 N–H and O–H groups in total. The molecule has 0 radical (unpaired) electrons. The third-order valence-electron chi connectivity index (χ3n) is 3.31. The maximum absolute atomic E-state index is 5.36. The van der Waals surface area contributed by atoms with E-state index in [0.29, 0.717) is 6.04 Å². The molecule has 82 valence electrons. The van der Waals surface area contributed by atoms with Gasteiger partial charge in [-0.3, -0.25) is 0 Å². The van der Waals surface area contributed by atoms with Crippen molar-refractivity contribution in [1.82, 2.24) is 10.6 Å². The van der Waals surface area contributed by atoms with E-state index in [9.17, 15) is 0 Å². The van der Waals surface area contributed by atoms with Gasteiger partial charge in [-0.15, -0.1) is 0 Å². The molecule has 0 bridgehead atoms. The van der Waals surface area contributed by atoms with Crippen molar-refractivity contribution in [1.29, 1.82) is 0 Å². The van der Waals surface area contributed by atoms with Gasteiger partial charge in [0, 0.05) is 25.8 Å². The van der Waals surface area contributed by atoms with Crippen molar-refractivity contribution in [3.8, 4) is 0 Å². The first-order valence-corrected chi connectivity index (χ1v) is 5.97. The Kier molecular flexibility index (Phi) is 4.22. The van der Waals surface area contributed by atoms with Crippen LogP contribution in [0.5, 0.6) is 0 Å². The monoisotopic (exact) mass is 198 g/mol. The SMILES string of the molecule is C1CNCC(NCCC2CCOC2)C1. The summed E-state index contributed by atoms with van der Waals surface area (Å²) in [6, 6.07) is 0.714. The van der Waals surface area contributed by atoms with Crippen molar-refractivity contribution < 1.29 is 4.74 Å². The van der Waals surface area contributed by atoms with Gasteiger partial charge >= 0.3 is 0 Å². The first-order valence-electron chi connectivity index (χ1n) is 5.97. The molecular formula is C11H22N2O. The van der Waals surface area contributed by atoms with E-state index in [-0.39, 0.29) is 0 Å². The molecule has 2 aliphatic heterocycles. The molecule has 0 spiro atoms. The predicted octanol–water partition coefficient (Wildman–Crippen LogP) is 0.755. The second-order valence-corrected chi connectivity index (χ2v) is 4.52. The molecule has 0 aromatic carbocycles. The van der Waals surface area contributed by atoms with Crippen LogP contribution in [0.25, 0.3) is 0 Å². The van der Waals surface area contributed by atoms with Gasteiger partial charge in [-0.25, -0.2) is 0 Å². The minimum atomic E-state index is 0.714. The Labute approximate surface area is 86.6 Å². The van der Waals surface area contributed by atoms with Gasteiger partial charge in [0.1, 0.15) is 0 Å². The van der Waals surface area contributed by atoms with Gasteiger partial charge in [0.2, 0.25) is 0 Å². The van der Waals surface area contributed by atoms with Crippen molar-refractivity contribution in [2.75, 3.05) is 32.8 Å². The number of ether oxygens (including phenoxy) is 1. The van der Waals surface area contributed by atoms with Crippen molar-refractivity contribution >= 4 is 0 Å². The Bertz CT molecular complexity index is 151. The van der Waals surface area contributed by atoms with E-state index in [1.54, 1.807) is 0 Å². The highest BCUT2D eigenvalue weighted by atomic mass is 16.5. The summed E-state index contributed by atoms with van der Waals surface area (Å²) < 4.78 is 5.36. The lowest BCUT2D eigenvalue weighted by atomic mass is 10.0. The lowest BCUT2D eigenvalue weighted by Gasteiger charge is -2.24. The molecule has 3 heteroatoms. The zero-order chi connectivity index (χ0) is 9.64. The van der Waals surface area contributed by atoms with E-state index in [4.69, 9.17) is 4.74 Å². The van der Waals surface area contributed by atoms with Gasteiger partial charge < -0.3 is 15.4 Å². The van der Waals surface area contributed by atoms with E-state index in [2.05, 4.69) is 10.6 Å². The quantitative estimate of drug-likeness (QED) is 0.699. The molecule has 3 nitrogen and oxygen atoms in total. The molecule has 2 unspecified atom stereocenters. The van der Waals surface area contributed by atoms with Crippen LogP contribution in [0.15, 0.2) is 0 Å². The minimum Gasteiger partial charge on any atom is -0.381 e. The fourth-order valence-electron chi connectivity index (χ4n) is 2.33. The number of rotatable bonds is 4. The topological polar surface area (TPSA) is 33.3 Å². The second-order valence-electron chi connectivity index (χ2n) is 4.52. The molecule has 0 aliphatic carbocycles. The molecular weight excluding hydrogens is 176 g/mol. The van der Waals surface area contributed by atoms with Crippen LogP contribution in [0.3, 0.4) is 0 Å². The van der Waals surface area contributed by atoms with Crippen LogP contribution < -0.4 is 10.6 Å². The lowest BCUT2D eigenvalue weighted by Crippen LogP contribution is -2.43. The van der Waals surface area contributed by atoms with E-state index < -0.39 is 0 Å². The highest BCUT2D eigenvalue weighted by Crippen LogP contribution is 2.15. The average molecular weight is 198 g/mol.